The largest absolute Gasteiger partial charge is 0.461 e. The lowest BCUT2D eigenvalue weighted by Gasteiger charge is -2.18. The Balaban J connectivity index is 2.98. The molecule has 0 aliphatic carbocycles. The van der Waals surface area contributed by atoms with Crippen molar-refractivity contribution in [1.29, 1.82) is 0 Å². The van der Waals surface area contributed by atoms with Gasteiger partial charge >= 0.3 is 5.97 Å². The fraction of sp³-hybridized carbons (Fsp3) is 0.714. The second-order valence-corrected chi connectivity index (χ2v) is 4.30. The van der Waals surface area contributed by atoms with Crippen molar-refractivity contribution in [2.75, 3.05) is 19.8 Å². The lowest BCUT2D eigenvalue weighted by molar-refractivity contribution is -0.145. The highest BCUT2D eigenvalue weighted by Crippen LogP contribution is 2.15. The molecule has 1 heterocycles. The first-order valence-corrected chi connectivity index (χ1v) is 6.99. The van der Waals surface area contributed by atoms with Crippen LogP contribution in [0, 0.1) is 13.8 Å². The zero-order valence-corrected chi connectivity index (χ0v) is 12.9. The van der Waals surface area contributed by atoms with Crippen LogP contribution in [0.2, 0.25) is 0 Å². The first-order valence-electron chi connectivity index (χ1n) is 6.99. The maximum atomic E-state index is 12.0. The van der Waals surface area contributed by atoms with Gasteiger partial charge in [0.2, 0.25) is 0 Å². The molecule has 0 radical (unpaired) electrons. The molecule has 1 aromatic rings. The number of aryl methyl sites for hydroxylation is 1. The quantitative estimate of drug-likeness (QED) is 0.540. The van der Waals surface area contributed by atoms with E-state index in [1.807, 2.05) is 27.7 Å². The predicted octanol–water partition coefficient (Wildman–Crippen LogP) is 2.08. The topological polar surface area (TPSA) is 62.6 Å². The van der Waals surface area contributed by atoms with E-state index in [1.165, 1.54) is 0 Å². The van der Waals surface area contributed by atoms with Gasteiger partial charge < -0.3 is 14.2 Å². The van der Waals surface area contributed by atoms with Gasteiger partial charge in [0.15, 0.2) is 6.29 Å². The van der Waals surface area contributed by atoms with Crippen molar-refractivity contribution >= 4 is 5.97 Å². The molecule has 6 heteroatoms. The van der Waals surface area contributed by atoms with Gasteiger partial charge in [0.1, 0.15) is 5.69 Å². The summed E-state index contributed by atoms with van der Waals surface area (Å²) >= 11 is 0. The number of esters is 1. The van der Waals surface area contributed by atoms with Gasteiger partial charge in [-0.25, -0.2) is 4.79 Å². The number of hydrogen-bond acceptors (Lipinski definition) is 5. The SMILES string of the molecule is CCOC(=O)c1c(C)c(C)nn1CC(OCC)OCC. The molecule has 0 aliphatic heterocycles. The van der Waals surface area contributed by atoms with Crippen molar-refractivity contribution in [1.82, 2.24) is 9.78 Å². The maximum Gasteiger partial charge on any atom is 0.356 e. The van der Waals surface area contributed by atoms with Gasteiger partial charge in [0, 0.05) is 18.8 Å². The van der Waals surface area contributed by atoms with Gasteiger partial charge in [-0.15, -0.1) is 0 Å². The van der Waals surface area contributed by atoms with Crippen LogP contribution in [0.4, 0.5) is 0 Å². The molecule has 0 saturated carbocycles. The van der Waals surface area contributed by atoms with E-state index in [0.29, 0.717) is 32.1 Å². The molecular formula is C14H24N2O4. The van der Waals surface area contributed by atoms with Gasteiger partial charge in [-0.1, -0.05) is 0 Å². The normalized spacial score (nSPS) is 11.1. The molecule has 0 aromatic carbocycles. The minimum Gasteiger partial charge on any atom is -0.461 e. The molecule has 20 heavy (non-hydrogen) atoms. The minimum absolute atomic E-state index is 0.336. The number of rotatable bonds is 8. The van der Waals surface area contributed by atoms with E-state index in [1.54, 1.807) is 11.6 Å². The third-order valence-electron chi connectivity index (χ3n) is 2.92. The van der Waals surface area contributed by atoms with Crippen LogP contribution in [0.25, 0.3) is 0 Å². The molecule has 0 bridgehead atoms. The number of carbonyl (C=O) groups is 1. The van der Waals surface area contributed by atoms with Crippen LogP contribution < -0.4 is 0 Å². The first-order chi connectivity index (χ1) is 9.54. The van der Waals surface area contributed by atoms with Crippen LogP contribution >= 0.6 is 0 Å². The van der Waals surface area contributed by atoms with E-state index < -0.39 is 6.29 Å². The van der Waals surface area contributed by atoms with E-state index in [2.05, 4.69) is 5.10 Å². The van der Waals surface area contributed by atoms with E-state index in [4.69, 9.17) is 14.2 Å². The van der Waals surface area contributed by atoms with Crippen molar-refractivity contribution in [3.05, 3.63) is 17.0 Å². The van der Waals surface area contributed by atoms with Crippen LogP contribution in [0.5, 0.6) is 0 Å². The summed E-state index contributed by atoms with van der Waals surface area (Å²) in [5.74, 6) is -0.364. The van der Waals surface area contributed by atoms with Gasteiger partial charge in [0.05, 0.1) is 18.8 Å². The van der Waals surface area contributed by atoms with Gasteiger partial charge in [0.25, 0.3) is 0 Å². The van der Waals surface area contributed by atoms with Crippen molar-refractivity contribution < 1.29 is 19.0 Å². The second kappa shape index (κ2) is 8.01. The smallest absolute Gasteiger partial charge is 0.356 e. The molecule has 0 N–H and O–H groups in total. The first kappa shape index (κ1) is 16.7. The minimum atomic E-state index is -0.420. The molecule has 0 amide bonds. The van der Waals surface area contributed by atoms with Crippen LogP contribution in [0.1, 0.15) is 42.5 Å². The fourth-order valence-electron chi connectivity index (χ4n) is 1.93. The summed E-state index contributed by atoms with van der Waals surface area (Å²) in [5, 5.41) is 4.37. The standard InChI is InChI=1S/C14H24N2O4/c1-6-18-12(19-7-2)9-16-13(14(17)20-8-3)10(4)11(5)15-16/h12H,6-9H2,1-5H3. The average Bonchev–Trinajstić information content (AvgIpc) is 2.66. The molecule has 1 rings (SSSR count). The summed E-state index contributed by atoms with van der Waals surface area (Å²) in [7, 11) is 0. The second-order valence-electron chi connectivity index (χ2n) is 4.30. The third-order valence-corrected chi connectivity index (χ3v) is 2.92. The van der Waals surface area contributed by atoms with E-state index >= 15 is 0 Å². The molecule has 0 saturated heterocycles. The summed E-state index contributed by atoms with van der Waals surface area (Å²) in [6, 6.07) is 0. The molecular weight excluding hydrogens is 260 g/mol. The summed E-state index contributed by atoms with van der Waals surface area (Å²) in [6.45, 7) is 11.1. The van der Waals surface area contributed by atoms with Gasteiger partial charge in [-0.2, -0.15) is 5.10 Å². The van der Waals surface area contributed by atoms with Crippen LogP contribution in [-0.2, 0) is 20.8 Å². The Morgan fingerprint density at radius 3 is 2.25 bits per heavy atom. The Bertz CT molecular complexity index is 437. The van der Waals surface area contributed by atoms with Crippen molar-refractivity contribution in [2.24, 2.45) is 0 Å². The zero-order chi connectivity index (χ0) is 15.1. The molecule has 6 nitrogen and oxygen atoms in total. The fourth-order valence-corrected chi connectivity index (χ4v) is 1.93. The van der Waals surface area contributed by atoms with Gasteiger partial charge in [-0.05, 0) is 34.6 Å². The molecule has 0 fully saturated rings. The molecule has 0 spiro atoms. The van der Waals surface area contributed by atoms with Crippen LogP contribution in [0.15, 0.2) is 0 Å². The van der Waals surface area contributed by atoms with Crippen molar-refractivity contribution in [3.63, 3.8) is 0 Å². The van der Waals surface area contributed by atoms with Gasteiger partial charge in [-0.3, -0.25) is 4.68 Å². The number of hydrogen-bond donors (Lipinski definition) is 0. The Morgan fingerprint density at radius 2 is 1.75 bits per heavy atom. The number of carbonyl (C=O) groups excluding carboxylic acids is 1. The molecule has 0 unspecified atom stereocenters. The molecule has 0 aliphatic rings. The number of aromatic nitrogens is 2. The Hall–Kier alpha value is -1.40. The van der Waals surface area contributed by atoms with E-state index in [-0.39, 0.29) is 5.97 Å². The summed E-state index contributed by atoms with van der Waals surface area (Å²) in [4.78, 5) is 12.0. The predicted molar refractivity (Wildman–Crippen MR) is 74.7 cm³/mol. The number of nitrogens with zero attached hydrogens (tertiary/aromatic N) is 2. The van der Waals surface area contributed by atoms with Crippen molar-refractivity contribution in [2.45, 2.75) is 47.5 Å². The van der Waals surface area contributed by atoms with Crippen LogP contribution in [0.3, 0.4) is 0 Å². The van der Waals surface area contributed by atoms with Crippen LogP contribution in [-0.4, -0.2) is 41.9 Å². The molecule has 114 valence electrons. The monoisotopic (exact) mass is 284 g/mol. The molecule has 1 aromatic heterocycles. The average molecular weight is 284 g/mol. The Kier molecular flexibility index (Phi) is 6.67. The number of ether oxygens (including phenoxy) is 3. The zero-order valence-electron chi connectivity index (χ0n) is 12.9. The summed E-state index contributed by atoms with van der Waals surface area (Å²) in [5.41, 5.74) is 2.10. The highest BCUT2D eigenvalue weighted by atomic mass is 16.7. The Morgan fingerprint density at radius 1 is 1.15 bits per heavy atom. The maximum absolute atomic E-state index is 12.0. The lowest BCUT2D eigenvalue weighted by atomic mass is 10.2. The lowest BCUT2D eigenvalue weighted by Crippen LogP contribution is -2.26. The molecule has 0 atom stereocenters. The summed E-state index contributed by atoms with van der Waals surface area (Å²) < 4.78 is 17.7. The highest BCUT2D eigenvalue weighted by Gasteiger charge is 2.22. The highest BCUT2D eigenvalue weighted by molar-refractivity contribution is 5.89. The third kappa shape index (κ3) is 4.05. The van der Waals surface area contributed by atoms with E-state index in [0.717, 1.165) is 11.3 Å². The van der Waals surface area contributed by atoms with Crippen molar-refractivity contribution in [3.8, 4) is 0 Å². The van der Waals surface area contributed by atoms with E-state index in [9.17, 15) is 4.79 Å². The summed E-state index contributed by atoms with van der Waals surface area (Å²) in [6.07, 6.45) is -0.420. The Labute approximate surface area is 120 Å².